The molecule has 1 N–H and O–H groups in total. The van der Waals surface area contributed by atoms with Gasteiger partial charge in [-0.25, -0.2) is 8.42 Å². The average molecular weight is 307 g/mol. The standard InChI is InChI=1S/C11H17NO5S2/c1-17-6-5-12(9-10-3-2-7-18-10)19(15,16)8-4-11(13)14/h2-3,7H,4-6,8-9H2,1H3,(H,13,14). The Morgan fingerprint density at radius 2 is 2.26 bits per heavy atom. The number of nitrogens with zero attached hydrogens (tertiary/aromatic N) is 1. The van der Waals surface area contributed by atoms with E-state index in [2.05, 4.69) is 0 Å². The zero-order valence-corrected chi connectivity index (χ0v) is 12.2. The summed E-state index contributed by atoms with van der Waals surface area (Å²) in [6, 6.07) is 3.69. The van der Waals surface area contributed by atoms with E-state index in [1.165, 1.54) is 22.8 Å². The molecule has 0 atom stereocenters. The number of methoxy groups -OCH3 is 1. The summed E-state index contributed by atoms with van der Waals surface area (Å²) in [5.74, 6) is -1.51. The molecule has 6 nitrogen and oxygen atoms in total. The Morgan fingerprint density at radius 1 is 1.53 bits per heavy atom. The van der Waals surface area contributed by atoms with E-state index in [4.69, 9.17) is 9.84 Å². The highest BCUT2D eigenvalue weighted by Gasteiger charge is 2.23. The van der Waals surface area contributed by atoms with Crippen LogP contribution in [-0.2, 0) is 26.1 Å². The lowest BCUT2D eigenvalue weighted by Gasteiger charge is -2.20. The van der Waals surface area contributed by atoms with Crippen molar-refractivity contribution in [2.24, 2.45) is 0 Å². The number of sulfonamides is 1. The largest absolute Gasteiger partial charge is 0.481 e. The van der Waals surface area contributed by atoms with Crippen LogP contribution in [0.25, 0.3) is 0 Å². The van der Waals surface area contributed by atoms with Crippen LogP contribution in [-0.4, -0.2) is 49.8 Å². The summed E-state index contributed by atoms with van der Waals surface area (Å²) in [6.07, 6.45) is -0.393. The molecule has 0 unspecified atom stereocenters. The van der Waals surface area contributed by atoms with Crippen LogP contribution in [0.15, 0.2) is 17.5 Å². The number of rotatable bonds is 9. The number of thiophene rings is 1. The lowest BCUT2D eigenvalue weighted by Crippen LogP contribution is -2.35. The third-order valence-electron chi connectivity index (χ3n) is 2.42. The van der Waals surface area contributed by atoms with Crippen LogP contribution >= 0.6 is 11.3 Å². The molecule has 0 saturated carbocycles. The van der Waals surface area contributed by atoms with Gasteiger partial charge in [0.2, 0.25) is 10.0 Å². The first-order valence-electron chi connectivity index (χ1n) is 5.66. The number of aliphatic carboxylic acids is 1. The van der Waals surface area contributed by atoms with Crippen LogP contribution in [0.2, 0.25) is 0 Å². The molecule has 0 fully saturated rings. The second kappa shape index (κ2) is 7.59. The number of carboxylic acids is 1. The van der Waals surface area contributed by atoms with Gasteiger partial charge in [-0.15, -0.1) is 11.3 Å². The molecule has 0 spiro atoms. The molecule has 0 amide bonds. The molecule has 1 rings (SSSR count). The zero-order chi connectivity index (χ0) is 14.3. The predicted molar refractivity (Wildman–Crippen MR) is 72.6 cm³/mol. The Hall–Kier alpha value is -0.960. The molecule has 0 aromatic carbocycles. The van der Waals surface area contributed by atoms with Crippen molar-refractivity contribution in [3.8, 4) is 0 Å². The lowest BCUT2D eigenvalue weighted by molar-refractivity contribution is -0.136. The Morgan fingerprint density at radius 3 is 2.79 bits per heavy atom. The SMILES string of the molecule is COCCN(Cc1cccs1)S(=O)(=O)CCC(=O)O. The van der Waals surface area contributed by atoms with Gasteiger partial charge in [0.05, 0.1) is 18.8 Å². The predicted octanol–water partition coefficient (Wildman–Crippen LogP) is 1.00. The average Bonchev–Trinajstić information content (AvgIpc) is 2.84. The molecule has 0 aliphatic heterocycles. The van der Waals surface area contributed by atoms with Gasteiger partial charge in [-0.2, -0.15) is 4.31 Å². The fraction of sp³-hybridized carbons (Fsp3) is 0.545. The monoisotopic (exact) mass is 307 g/mol. The van der Waals surface area contributed by atoms with E-state index in [-0.39, 0.29) is 19.7 Å². The zero-order valence-electron chi connectivity index (χ0n) is 10.6. The van der Waals surface area contributed by atoms with E-state index < -0.39 is 28.2 Å². The van der Waals surface area contributed by atoms with Crippen LogP contribution in [0, 0.1) is 0 Å². The minimum atomic E-state index is -3.59. The Balaban J connectivity index is 2.74. The van der Waals surface area contributed by atoms with E-state index in [1.54, 1.807) is 0 Å². The number of carboxylic acid groups (broad SMARTS) is 1. The molecule has 0 aliphatic rings. The van der Waals surface area contributed by atoms with Crippen molar-refractivity contribution in [1.82, 2.24) is 4.31 Å². The van der Waals surface area contributed by atoms with Gasteiger partial charge in [0.1, 0.15) is 0 Å². The summed E-state index contributed by atoms with van der Waals surface area (Å²) in [6.45, 7) is 0.747. The summed E-state index contributed by atoms with van der Waals surface area (Å²) >= 11 is 1.46. The third kappa shape index (κ3) is 5.68. The second-order valence-corrected chi connectivity index (χ2v) is 6.99. The van der Waals surface area contributed by atoms with E-state index in [0.29, 0.717) is 0 Å². The molecule has 0 saturated heterocycles. The minimum absolute atomic E-state index is 0.219. The van der Waals surface area contributed by atoms with Gasteiger partial charge in [-0.05, 0) is 11.4 Å². The van der Waals surface area contributed by atoms with Crippen molar-refractivity contribution >= 4 is 27.3 Å². The summed E-state index contributed by atoms with van der Waals surface area (Å²) in [5.41, 5.74) is 0. The van der Waals surface area contributed by atoms with Crippen LogP contribution in [0.1, 0.15) is 11.3 Å². The number of hydrogen-bond donors (Lipinski definition) is 1. The Bertz CT molecular complexity index is 483. The quantitative estimate of drug-likeness (QED) is 0.736. The smallest absolute Gasteiger partial charge is 0.304 e. The fourth-order valence-electron chi connectivity index (χ4n) is 1.43. The van der Waals surface area contributed by atoms with Gasteiger partial charge < -0.3 is 9.84 Å². The van der Waals surface area contributed by atoms with Crippen molar-refractivity contribution < 1.29 is 23.1 Å². The van der Waals surface area contributed by atoms with E-state index in [0.717, 1.165) is 4.88 Å². The third-order valence-corrected chi connectivity index (χ3v) is 5.10. The Labute approximate surface area is 116 Å². The Kier molecular flexibility index (Phi) is 6.43. The van der Waals surface area contributed by atoms with E-state index in [1.807, 2.05) is 17.5 Å². The maximum absolute atomic E-state index is 12.1. The minimum Gasteiger partial charge on any atom is -0.481 e. The van der Waals surface area contributed by atoms with Gasteiger partial charge >= 0.3 is 5.97 Å². The normalized spacial score (nSPS) is 11.9. The molecule has 0 bridgehead atoms. The number of hydrogen-bond acceptors (Lipinski definition) is 5. The molecule has 108 valence electrons. The highest BCUT2D eigenvalue weighted by molar-refractivity contribution is 7.89. The maximum Gasteiger partial charge on any atom is 0.304 e. The molecule has 1 aromatic rings. The van der Waals surface area contributed by atoms with E-state index >= 15 is 0 Å². The van der Waals surface area contributed by atoms with Crippen molar-refractivity contribution in [1.29, 1.82) is 0 Å². The van der Waals surface area contributed by atoms with Crippen molar-refractivity contribution in [3.63, 3.8) is 0 Å². The van der Waals surface area contributed by atoms with Crippen LogP contribution in [0.4, 0.5) is 0 Å². The number of ether oxygens (including phenoxy) is 1. The number of carbonyl (C=O) groups is 1. The van der Waals surface area contributed by atoms with Gasteiger partial charge in [0, 0.05) is 25.1 Å². The highest BCUT2D eigenvalue weighted by Crippen LogP contribution is 2.15. The van der Waals surface area contributed by atoms with Crippen molar-refractivity contribution in [3.05, 3.63) is 22.4 Å². The molecule has 0 aliphatic carbocycles. The highest BCUT2D eigenvalue weighted by atomic mass is 32.2. The van der Waals surface area contributed by atoms with E-state index in [9.17, 15) is 13.2 Å². The van der Waals surface area contributed by atoms with Crippen LogP contribution < -0.4 is 0 Å². The lowest BCUT2D eigenvalue weighted by atomic mass is 10.4. The maximum atomic E-state index is 12.1. The first kappa shape index (κ1) is 16.1. The van der Waals surface area contributed by atoms with Crippen molar-refractivity contribution in [2.45, 2.75) is 13.0 Å². The summed E-state index contributed by atoms with van der Waals surface area (Å²) in [4.78, 5) is 11.4. The fourth-order valence-corrected chi connectivity index (χ4v) is 3.61. The van der Waals surface area contributed by atoms with Gasteiger partial charge in [-0.1, -0.05) is 6.07 Å². The van der Waals surface area contributed by atoms with Crippen LogP contribution in [0.5, 0.6) is 0 Å². The molecule has 1 aromatic heterocycles. The second-order valence-electron chi connectivity index (χ2n) is 3.87. The van der Waals surface area contributed by atoms with Gasteiger partial charge in [-0.3, -0.25) is 4.79 Å². The summed E-state index contributed by atoms with van der Waals surface area (Å²) < 4.78 is 30.3. The molecular formula is C11H17NO5S2. The van der Waals surface area contributed by atoms with Crippen molar-refractivity contribution in [2.75, 3.05) is 26.0 Å². The first-order valence-corrected chi connectivity index (χ1v) is 8.15. The van der Waals surface area contributed by atoms with Gasteiger partial charge in [0.15, 0.2) is 0 Å². The van der Waals surface area contributed by atoms with Crippen LogP contribution in [0.3, 0.4) is 0 Å². The molecule has 0 radical (unpaired) electrons. The summed E-state index contributed by atoms with van der Waals surface area (Å²) in [7, 11) is -2.09. The van der Waals surface area contributed by atoms with Gasteiger partial charge in [0.25, 0.3) is 0 Å². The summed E-state index contributed by atoms with van der Waals surface area (Å²) in [5, 5.41) is 10.5. The first-order chi connectivity index (χ1) is 8.95. The molecule has 8 heteroatoms. The molecule has 19 heavy (non-hydrogen) atoms. The molecular weight excluding hydrogens is 290 g/mol. The molecule has 1 heterocycles. The topological polar surface area (TPSA) is 83.9 Å².